The van der Waals surface area contributed by atoms with Crippen molar-refractivity contribution >= 4 is 17.2 Å². The van der Waals surface area contributed by atoms with E-state index in [0.29, 0.717) is 13.0 Å². The van der Waals surface area contributed by atoms with Gasteiger partial charge in [-0.2, -0.15) is 0 Å². The highest BCUT2D eigenvalue weighted by atomic mass is 32.1. The minimum Gasteiger partial charge on any atom is -0.356 e. The lowest BCUT2D eigenvalue weighted by molar-refractivity contribution is -0.121. The zero-order chi connectivity index (χ0) is 13.7. The standard InChI is InChI=1S/C13H23N3OS/c1-6-14-12(17)7-8-16(5)9(2)13-10(3)18-11(4)15-13/h9H,6-8H2,1-5H3,(H,14,17)/t9-/m0/s1. The summed E-state index contributed by atoms with van der Waals surface area (Å²) in [5.41, 5.74) is 1.14. The van der Waals surface area contributed by atoms with Gasteiger partial charge in [0, 0.05) is 24.4 Å². The molecule has 1 heterocycles. The highest BCUT2D eigenvalue weighted by Crippen LogP contribution is 2.25. The second-order valence-electron chi connectivity index (χ2n) is 4.53. The molecule has 1 aromatic rings. The summed E-state index contributed by atoms with van der Waals surface area (Å²) in [5, 5.41) is 3.92. The molecule has 0 fully saturated rings. The summed E-state index contributed by atoms with van der Waals surface area (Å²) in [6.07, 6.45) is 0.539. The summed E-state index contributed by atoms with van der Waals surface area (Å²) in [6.45, 7) is 9.66. The second-order valence-corrected chi connectivity index (χ2v) is 5.94. The van der Waals surface area contributed by atoms with E-state index in [1.54, 1.807) is 11.3 Å². The number of nitrogens with one attached hydrogen (secondary N) is 1. The van der Waals surface area contributed by atoms with Gasteiger partial charge in [-0.05, 0) is 34.7 Å². The molecule has 102 valence electrons. The maximum atomic E-state index is 11.4. The zero-order valence-corrected chi connectivity index (χ0v) is 12.7. The highest BCUT2D eigenvalue weighted by molar-refractivity contribution is 7.11. The summed E-state index contributed by atoms with van der Waals surface area (Å²) in [5.74, 6) is 0.114. The van der Waals surface area contributed by atoms with Crippen molar-refractivity contribution in [2.24, 2.45) is 0 Å². The molecular weight excluding hydrogens is 246 g/mol. The molecule has 5 heteroatoms. The van der Waals surface area contributed by atoms with E-state index >= 15 is 0 Å². The summed E-state index contributed by atoms with van der Waals surface area (Å²) in [7, 11) is 2.04. The van der Waals surface area contributed by atoms with E-state index in [-0.39, 0.29) is 11.9 Å². The smallest absolute Gasteiger partial charge is 0.221 e. The van der Waals surface area contributed by atoms with Crippen LogP contribution < -0.4 is 5.32 Å². The average Bonchev–Trinajstić information content (AvgIpc) is 2.64. The lowest BCUT2D eigenvalue weighted by Crippen LogP contribution is -2.30. The van der Waals surface area contributed by atoms with Crippen LogP contribution in [0.5, 0.6) is 0 Å². The third kappa shape index (κ3) is 4.07. The molecule has 0 spiro atoms. The van der Waals surface area contributed by atoms with Crippen LogP contribution in [0.15, 0.2) is 0 Å². The van der Waals surface area contributed by atoms with Gasteiger partial charge in [0.2, 0.25) is 5.91 Å². The number of amides is 1. The minimum absolute atomic E-state index is 0.114. The number of rotatable bonds is 6. The van der Waals surface area contributed by atoms with Gasteiger partial charge in [-0.15, -0.1) is 11.3 Å². The second kappa shape index (κ2) is 6.85. The highest BCUT2D eigenvalue weighted by Gasteiger charge is 2.17. The zero-order valence-electron chi connectivity index (χ0n) is 11.9. The molecule has 1 rings (SSSR count). The maximum absolute atomic E-state index is 11.4. The molecule has 1 atom stereocenters. The number of thiazole rings is 1. The predicted octanol–water partition coefficient (Wildman–Crippen LogP) is 2.28. The number of aromatic nitrogens is 1. The van der Waals surface area contributed by atoms with Crippen molar-refractivity contribution in [2.45, 2.75) is 40.2 Å². The van der Waals surface area contributed by atoms with Crippen LogP contribution in [-0.2, 0) is 4.79 Å². The van der Waals surface area contributed by atoms with Crippen LogP contribution >= 0.6 is 11.3 Å². The van der Waals surface area contributed by atoms with Crippen LogP contribution in [0.4, 0.5) is 0 Å². The number of hydrogen-bond donors (Lipinski definition) is 1. The molecule has 18 heavy (non-hydrogen) atoms. The fourth-order valence-corrected chi connectivity index (χ4v) is 2.81. The van der Waals surface area contributed by atoms with Gasteiger partial charge in [-0.25, -0.2) is 4.98 Å². The molecule has 0 unspecified atom stereocenters. The van der Waals surface area contributed by atoms with E-state index in [9.17, 15) is 4.79 Å². The summed E-state index contributed by atoms with van der Waals surface area (Å²) < 4.78 is 0. The Balaban J connectivity index is 2.53. The largest absolute Gasteiger partial charge is 0.356 e. The van der Waals surface area contributed by atoms with Crippen LogP contribution in [0.2, 0.25) is 0 Å². The quantitative estimate of drug-likeness (QED) is 0.861. The normalized spacial score (nSPS) is 12.8. The van der Waals surface area contributed by atoms with E-state index in [1.807, 2.05) is 20.9 Å². The van der Waals surface area contributed by atoms with Crippen LogP contribution in [-0.4, -0.2) is 35.9 Å². The molecule has 0 aliphatic heterocycles. The number of carbonyl (C=O) groups is 1. The first-order valence-electron chi connectivity index (χ1n) is 6.36. The van der Waals surface area contributed by atoms with Crippen LogP contribution in [0, 0.1) is 13.8 Å². The SMILES string of the molecule is CCNC(=O)CCN(C)[C@@H](C)c1nc(C)sc1C. The first-order chi connectivity index (χ1) is 8.45. The van der Waals surface area contributed by atoms with Crippen molar-refractivity contribution < 1.29 is 4.79 Å². The topological polar surface area (TPSA) is 45.2 Å². The van der Waals surface area contributed by atoms with Gasteiger partial charge in [0.05, 0.1) is 16.7 Å². The molecule has 1 aromatic heterocycles. The number of aryl methyl sites for hydroxylation is 2. The lowest BCUT2D eigenvalue weighted by atomic mass is 10.2. The van der Waals surface area contributed by atoms with E-state index in [2.05, 4.69) is 29.0 Å². The number of nitrogens with zero attached hydrogens (tertiary/aromatic N) is 2. The Kier molecular flexibility index (Phi) is 5.75. The third-order valence-electron chi connectivity index (χ3n) is 3.06. The first-order valence-corrected chi connectivity index (χ1v) is 7.18. The Bertz CT molecular complexity index is 403. The van der Waals surface area contributed by atoms with E-state index in [4.69, 9.17) is 0 Å². The fraction of sp³-hybridized carbons (Fsp3) is 0.692. The maximum Gasteiger partial charge on any atom is 0.221 e. The molecule has 0 radical (unpaired) electrons. The average molecular weight is 269 g/mol. The molecule has 1 N–H and O–H groups in total. The summed E-state index contributed by atoms with van der Waals surface area (Å²) in [4.78, 5) is 19.4. The van der Waals surface area contributed by atoms with Gasteiger partial charge in [0.25, 0.3) is 0 Å². The van der Waals surface area contributed by atoms with Crippen LogP contribution in [0.3, 0.4) is 0 Å². The van der Waals surface area contributed by atoms with Gasteiger partial charge >= 0.3 is 0 Å². The molecular formula is C13H23N3OS. The Morgan fingerprint density at radius 3 is 2.67 bits per heavy atom. The van der Waals surface area contributed by atoms with Crippen molar-refractivity contribution in [1.82, 2.24) is 15.2 Å². The van der Waals surface area contributed by atoms with Gasteiger partial charge in [-0.1, -0.05) is 0 Å². The monoisotopic (exact) mass is 269 g/mol. The Hall–Kier alpha value is -0.940. The molecule has 0 bridgehead atoms. The molecule has 0 aromatic carbocycles. The Labute approximate surface area is 113 Å². The predicted molar refractivity (Wildman–Crippen MR) is 75.9 cm³/mol. The molecule has 4 nitrogen and oxygen atoms in total. The minimum atomic E-state index is 0.114. The van der Waals surface area contributed by atoms with Gasteiger partial charge in [-0.3, -0.25) is 9.69 Å². The fourth-order valence-electron chi connectivity index (χ4n) is 1.90. The third-order valence-corrected chi connectivity index (χ3v) is 3.96. The van der Waals surface area contributed by atoms with Crippen LogP contribution in [0.1, 0.15) is 41.9 Å². The van der Waals surface area contributed by atoms with Crippen molar-refractivity contribution in [2.75, 3.05) is 20.1 Å². The first kappa shape index (κ1) is 15.1. The molecule has 0 saturated carbocycles. The summed E-state index contributed by atoms with van der Waals surface area (Å²) in [6, 6.07) is 0.254. The molecule has 1 amide bonds. The van der Waals surface area contributed by atoms with Crippen molar-refractivity contribution in [3.05, 3.63) is 15.6 Å². The van der Waals surface area contributed by atoms with Gasteiger partial charge in [0.1, 0.15) is 0 Å². The number of carbonyl (C=O) groups excluding carboxylic acids is 1. The van der Waals surface area contributed by atoms with E-state index in [0.717, 1.165) is 17.2 Å². The number of hydrogen-bond acceptors (Lipinski definition) is 4. The lowest BCUT2D eigenvalue weighted by Gasteiger charge is -2.23. The Morgan fingerprint density at radius 2 is 2.17 bits per heavy atom. The molecule has 0 saturated heterocycles. The van der Waals surface area contributed by atoms with Crippen LogP contribution in [0.25, 0.3) is 0 Å². The van der Waals surface area contributed by atoms with Gasteiger partial charge < -0.3 is 5.32 Å². The van der Waals surface area contributed by atoms with Crippen molar-refractivity contribution in [1.29, 1.82) is 0 Å². The van der Waals surface area contributed by atoms with Crippen molar-refractivity contribution in [3.8, 4) is 0 Å². The van der Waals surface area contributed by atoms with Crippen molar-refractivity contribution in [3.63, 3.8) is 0 Å². The molecule has 0 aliphatic carbocycles. The Morgan fingerprint density at radius 1 is 1.50 bits per heavy atom. The molecule has 0 aliphatic rings. The van der Waals surface area contributed by atoms with Gasteiger partial charge in [0.15, 0.2) is 0 Å². The van der Waals surface area contributed by atoms with E-state index in [1.165, 1.54) is 4.88 Å². The summed E-state index contributed by atoms with van der Waals surface area (Å²) >= 11 is 1.73. The van der Waals surface area contributed by atoms with E-state index < -0.39 is 0 Å².